The van der Waals surface area contributed by atoms with E-state index in [2.05, 4.69) is 15.9 Å². The zero-order chi connectivity index (χ0) is 10.6. The van der Waals surface area contributed by atoms with Gasteiger partial charge in [-0.2, -0.15) is 0 Å². The van der Waals surface area contributed by atoms with Crippen molar-refractivity contribution in [3.63, 3.8) is 0 Å². The van der Waals surface area contributed by atoms with Crippen molar-refractivity contribution < 1.29 is 13.9 Å². The van der Waals surface area contributed by atoms with Crippen LogP contribution in [-0.4, -0.2) is 12.5 Å². The van der Waals surface area contributed by atoms with Crippen molar-refractivity contribution in [1.82, 2.24) is 5.43 Å². The van der Waals surface area contributed by atoms with Gasteiger partial charge < -0.3 is 4.74 Å². The third-order valence-corrected chi connectivity index (χ3v) is 2.07. The quantitative estimate of drug-likeness (QED) is 0.485. The van der Waals surface area contributed by atoms with Crippen LogP contribution < -0.4 is 16.0 Å². The van der Waals surface area contributed by atoms with Gasteiger partial charge in [-0.3, -0.25) is 10.2 Å². The van der Waals surface area contributed by atoms with Gasteiger partial charge in [0.05, 0.1) is 4.47 Å². The first-order valence-electron chi connectivity index (χ1n) is 3.71. The maximum Gasteiger partial charge on any atom is 0.271 e. The van der Waals surface area contributed by atoms with Crippen molar-refractivity contribution in [3.05, 3.63) is 28.5 Å². The number of rotatable bonds is 3. The van der Waals surface area contributed by atoms with Gasteiger partial charge in [0, 0.05) is 6.07 Å². The molecule has 0 aliphatic heterocycles. The van der Waals surface area contributed by atoms with Crippen molar-refractivity contribution in [2.45, 2.75) is 0 Å². The Morgan fingerprint density at radius 2 is 2.36 bits per heavy atom. The number of hydrazine groups is 1. The summed E-state index contributed by atoms with van der Waals surface area (Å²) in [5, 5.41) is 0. The van der Waals surface area contributed by atoms with Crippen molar-refractivity contribution in [3.8, 4) is 5.75 Å². The van der Waals surface area contributed by atoms with Crippen LogP contribution in [0.3, 0.4) is 0 Å². The normalized spacial score (nSPS) is 9.64. The van der Waals surface area contributed by atoms with E-state index in [4.69, 9.17) is 10.6 Å². The highest BCUT2D eigenvalue weighted by atomic mass is 79.9. The Balaban J connectivity index is 2.66. The highest BCUT2D eigenvalue weighted by molar-refractivity contribution is 9.10. The highest BCUT2D eigenvalue weighted by Crippen LogP contribution is 2.25. The summed E-state index contributed by atoms with van der Waals surface area (Å²) in [6.45, 7) is -0.251. The Hall–Kier alpha value is -1.14. The summed E-state index contributed by atoms with van der Waals surface area (Å²) < 4.78 is 18.3. The zero-order valence-corrected chi connectivity index (χ0v) is 8.67. The fourth-order valence-corrected chi connectivity index (χ4v) is 1.13. The van der Waals surface area contributed by atoms with Gasteiger partial charge in [0.1, 0.15) is 11.6 Å². The fourth-order valence-electron chi connectivity index (χ4n) is 0.773. The Morgan fingerprint density at radius 3 is 3.00 bits per heavy atom. The lowest BCUT2D eigenvalue weighted by Crippen LogP contribution is -2.34. The van der Waals surface area contributed by atoms with E-state index in [0.717, 1.165) is 0 Å². The van der Waals surface area contributed by atoms with Crippen LogP contribution in [0.5, 0.6) is 5.75 Å². The molecule has 1 aromatic carbocycles. The number of halogens is 2. The molecular weight excluding hydrogens is 255 g/mol. The first-order chi connectivity index (χ1) is 6.63. The molecule has 0 saturated carbocycles. The topological polar surface area (TPSA) is 64.3 Å². The molecule has 0 atom stereocenters. The summed E-state index contributed by atoms with van der Waals surface area (Å²) >= 11 is 3.15. The van der Waals surface area contributed by atoms with Crippen molar-refractivity contribution >= 4 is 21.8 Å². The molecule has 0 unspecified atom stereocenters. The van der Waals surface area contributed by atoms with Gasteiger partial charge in [0.15, 0.2) is 6.61 Å². The number of nitrogens with two attached hydrogens (primary N) is 1. The van der Waals surface area contributed by atoms with Crippen LogP contribution in [0, 0.1) is 5.82 Å². The van der Waals surface area contributed by atoms with Crippen LogP contribution >= 0.6 is 15.9 Å². The van der Waals surface area contributed by atoms with E-state index in [1.165, 1.54) is 18.2 Å². The van der Waals surface area contributed by atoms with Crippen LogP contribution in [0.4, 0.5) is 4.39 Å². The van der Waals surface area contributed by atoms with Crippen molar-refractivity contribution in [2.24, 2.45) is 5.84 Å². The molecule has 0 spiro atoms. The molecule has 1 amide bonds. The van der Waals surface area contributed by atoms with Crippen LogP contribution in [-0.2, 0) is 4.79 Å². The summed E-state index contributed by atoms with van der Waals surface area (Å²) in [7, 11) is 0. The third kappa shape index (κ3) is 2.97. The molecule has 0 fully saturated rings. The predicted octanol–water partition coefficient (Wildman–Crippen LogP) is 0.957. The minimum atomic E-state index is -0.485. The first kappa shape index (κ1) is 10.9. The van der Waals surface area contributed by atoms with Crippen molar-refractivity contribution in [1.29, 1.82) is 0 Å². The number of amides is 1. The highest BCUT2D eigenvalue weighted by Gasteiger charge is 2.05. The second-order valence-electron chi connectivity index (χ2n) is 2.43. The van der Waals surface area contributed by atoms with Gasteiger partial charge in [-0.25, -0.2) is 10.2 Å². The second kappa shape index (κ2) is 4.92. The number of hydrogen-bond donors (Lipinski definition) is 2. The standard InChI is InChI=1S/C8H8BrFN2O2/c9-6-2-1-5(10)3-7(6)14-4-8(13)12-11/h1-3H,4,11H2,(H,12,13). The lowest BCUT2D eigenvalue weighted by atomic mass is 10.3. The van der Waals surface area contributed by atoms with E-state index >= 15 is 0 Å². The van der Waals surface area contributed by atoms with Crippen LogP contribution in [0.15, 0.2) is 22.7 Å². The number of benzene rings is 1. The second-order valence-corrected chi connectivity index (χ2v) is 3.29. The molecule has 6 heteroatoms. The largest absolute Gasteiger partial charge is 0.482 e. The molecule has 4 nitrogen and oxygen atoms in total. The van der Waals surface area contributed by atoms with Gasteiger partial charge >= 0.3 is 0 Å². The summed E-state index contributed by atoms with van der Waals surface area (Å²) in [5.74, 6) is 4.18. The Kier molecular flexibility index (Phi) is 3.84. The van der Waals surface area contributed by atoms with Gasteiger partial charge in [0.25, 0.3) is 5.91 Å². The van der Waals surface area contributed by atoms with Crippen molar-refractivity contribution in [2.75, 3.05) is 6.61 Å². The van der Waals surface area contributed by atoms with Gasteiger partial charge in [0.2, 0.25) is 0 Å². The Morgan fingerprint density at radius 1 is 1.64 bits per heavy atom. The minimum Gasteiger partial charge on any atom is -0.482 e. The van der Waals surface area contributed by atoms with E-state index in [1.54, 1.807) is 0 Å². The molecule has 0 saturated heterocycles. The lowest BCUT2D eigenvalue weighted by molar-refractivity contribution is -0.123. The number of ether oxygens (including phenoxy) is 1. The molecule has 0 aliphatic rings. The van der Waals surface area contributed by atoms with Crippen LogP contribution in [0.1, 0.15) is 0 Å². The van der Waals surface area contributed by atoms with Gasteiger partial charge in [-0.1, -0.05) is 0 Å². The van der Waals surface area contributed by atoms with Gasteiger partial charge in [-0.05, 0) is 28.1 Å². The zero-order valence-electron chi connectivity index (χ0n) is 7.09. The van der Waals surface area contributed by atoms with E-state index in [0.29, 0.717) is 4.47 Å². The molecule has 1 rings (SSSR count). The van der Waals surface area contributed by atoms with Crippen LogP contribution in [0.2, 0.25) is 0 Å². The molecular formula is C8H8BrFN2O2. The maximum absolute atomic E-state index is 12.7. The first-order valence-corrected chi connectivity index (χ1v) is 4.50. The van der Waals surface area contributed by atoms with E-state index in [-0.39, 0.29) is 12.4 Å². The van der Waals surface area contributed by atoms with E-state index in [9.17, 15) is 9.18 Å². The molecule has 0 aliphatic carbocycles. The predicted molar refractivity (Wildman–Crippen MR) is 51.9 cm³/mol. The van der Waals surface area contributed by atoms with E-state index in [1.807, 2.05) is 5.43 Å². The number of carbonyl (C=O) groups excluding carboxylic acids is 1. The molecule has 0 radical (unpaired) electrons. The Bertz CT molecular complexity index is 346. The van der Waals surface area contributed by atoms with E-state index < -0.39 is 11.7 Å². The molecule has 14 heavy (non-hydrogen) atoms. The van der Waals surface area contributed by atoms with Crippen LogP contribution in [0.25, 0.3) is 0 Å². The number of nitrogens with one attached hydrogen (secondary N) is 1. The number of hydrogen-bond acceptors (Lipinski definition) is 3. The average Bonchev–Trinajstić information content (AvgIpc) is 2.19. The monoisotopic (exact) mass is 262 g/mol. The Labute approximate surface area is 88.3 Å². The fraction of sp³-hybridized carbons (Fsp3) is 0.125. The number of carbonyl (C=O) groups is 1. The minimum absolute atomic E-state index is 0.251. The summed E-state index contributed by atoms with van der Waals surface area (Å²) in [6, 6.07) is 3.94. The van der Waals surface area contributed by atoms with Gasteiger partial charge in [-0.15, -0.1) is 0 Å². The molecule has 3 N–H and O–H groups in total. The molecule has 0 aromatic heterocycles. The molecule has 76 valence electrons. The summed E-state index contributed by atoms with van der Waals surface area (Å²) in [6.07, 6.45) is 0. The molecule has 1 aromatic rings. The molecule has 0 heterocycles. The lowest BCUT2D eigenvalue weighted by Gasteiger charge is -2.06. The summed E-state index contributed by atoms with van der Waals surface area (Å²) in [4.78, 5) is 10.7. The average molecular weight is 263 g/mol. The molecule has 0 bridgehead atoms. The SMILES string of the molecule is NNC(=O)COc1cc(F)ccc1Br. The maximum atomic E-state index is 12.7. The third-order valence-electron chi connectivity index (χ3n) is 1.41. The summed E-state index contributed by atoms with van der Waals surface area (Å²) in [5.41, 5.74) is 1.90. The smallest absolute Gasteiger partial charge is 0.271 e.